The molecular formula is C15H17N3O2. The summed E-state index contributed by atoms with van der Waals surface area (Å²) in [6.07, 6.45) is 1.17. The molecule has 20 heavy (non-hydrogen) atoms. The number of hydrogen-bond acceptors (Lipinski definition) is 4. The highest BCUT2D eigenvalue weighted by molar-refractivity contribution is 5.79. The molecule has 0 atom stereocenters. The van der Waals surface area contributed by atoms with E-state index in [9.17, 15) is 4.79 Å². The maximum absolute atomic E-state index is 12.3. The van der Waals surface area contributed by atoms with Crippen molar-refractivity contribution in [3.05, 3.63) is 52.9 Å². The maximum Gasteiger partial charge on any atom is 0.227 e. The fraction of sp³-hybridized carbons (Fsp3) is 0.333. The van der Waals surface area contributed by atoms with Crippen LogP contribution in [0.15, 0.2) is 34.9 Å². The predicted octanol–water partition coefficient (Wildman–Crippen LogP) is 1.26. The van der Waals surface area contributed by atoms with E-state index in [-0.39, 0.29) is 5.91 Å². The Bertz CT molecular complexity index is 593. The highest BCUT2D eigenvalue weighted by Crippen LogP contribution is 2.22. The van der Waals surface area contributed by atoms with Gasteiger partial charge in [-0.1, -0.05) is 35.5 Å². The molecule has 1 aromatic carbocycles. The lowest BCUT2D eigenvalue weighted by Gasteiger charge is -2.26. The van der Waals surface area contributed by atoms with Crippen molar-refractivity contribution in [2.45, 2.75) is 25.9 Å². The van der Waals surface area contributed by atoms with E-state index in [1.54, 1.807) is 0 Å². The molecule has 0 radical (unpaired) electrons. The summed E-state index contributed by atoms with van der Waals surface area (Å²) in [6, 6.07) is 9.79. The van der Waals surface area contributed by atoms with Crippen LogP contribution >= 0.6 is 0 Å². The fourth-order valence-electron chi connectivity index (χ4n) is 2.52. The van der Waals surface area contributed by atoms with Crippen LogP contribution in [0.1, 0.15) is 22.6 Å². The average molecular weight is 271 g/mol. The van der Waals surface area contributed by atoms with Gasteiger partial charge in [-0.15, -0.1) is 0 Å². The van der Waals surface area contributed by atoms with Crippen LogP contribution in [0.2, 0.25) is 0 Å². The molecule has 0 saturated heterocycles. The van der Waals surface area contributed by atoms with E-state index in [1.807, 2.05) is 35.2 Å². The molecule has 1 aliphatic heterocycles. The van der Waals surface area contributed by atoms with Gasteiger partial charge in [0.25, 0.3) is 0 Å². The molecule has 1 aromatic heterocycles. The van der Waals surface area contributed by atoms with Crippen LogP contribution in [0.4, 0.5) is 0 Å². The summed E-state index contributed by atoms with van der Waals surface area (Å²) >= 11 is 0. The van der Waals surface area contributed by atoms with E-state index in [4.69, 9.17) is 10.3 Å². The number of carbonyl (C=O) groups excluding carboxylic acids is 1. The van der Waals surface area contributed by atoms with Gasteiger partial charge in [0.1, 0.15) is 0 Å². The Labute approximate surface area is 117 Å². The Morgan fingerprint density at radius 1 is 1.35 bits per heavy atom. The molecule has 2 aromatic rings. The van der Waals surface area contributed by atoms with Crippen molar-refractivity contribution in [1.82, 2.24) is 10.1 Å². The normalized spacial score (nSPS) is 14.2. The molecule has 0 bridgehead atoms. The van der Waals surface area contributed by atoms with Gasteiger partial charge in [-0.25, -0.2) is 0 Å². The van der Waals surface area contributed by atoms with E-state index < -0.39 is 0 Å². The summed E-state index contributed by atoms with van der Waals surface area (Å²) in [5.74, 6) is 0.822. The molecule has 1 amide bonds. The number of nitrogens with two attached hydrogens (primary N) is 1. The Morgan fingerprint density at radius 2 is 2.15 bits per heavy atom. The zero-order valence-corrected chi connectivity index (χ0v) is 11.2. The summed E-state index contributed by atoms with van der Waals surface area (Å²) in [5.41, 5.74) is 8.59. The molecule has 104 valence electrons. The van der Waals surface area contributed by atoms with Crippen molar-refractivity contribution in [2.24, 2.45) is 5.73 Å². The lowest BCUT2D eigenvalue weighted by atomic mass is 10.0. The number of amides is 1. The third-order valence-corrected chi connectivity index (χ3v) is 3.65. The first kappa shape index (κ1) is 12.9. The summed E-state index contributed by atoms with van der Waals surface area (Å²) < 4.78 is 5.20. The molecule has 0 unspecified atom stereocenters. The minimum absolute atomic E-state index is 0.131. The molecule has 2 heterocycles. The lowest BCUT2D eigenvalue weighted by Crippen LogP contribution is -2.37. The minimum atomic E-state index is 0.131. The standard InChI is InChI=1S/C15H17N3O2/c16-9-14-12-10-18(7-6-13(12)17-20-14)15(19)8-11-4-2-1-3-5-11/h1-5H,6-10,16H2. The van der Waals surface area contributed by atoms with Gasteiger partial charge in [-0.05, 0) is 5.56 Å². The molecule has 5 heteroatoms. The third-order valence-electron chi connectivity index (χ3n) is 3.65. The molecule has 3 rings (SSSR count). The molecule has 1 aliphatic rings. The molecule has 0 aliphatic carbocycles. The van der Waals surface area contributed by atoms with Crippen LogP contribution in [0.3, 0.4) is 0 Å². The van der Waals surface area contributed by atoms with Crippen molar-refractivity contribution in [3.63, 3.8) is 0 Å². The number of nitrogens with zero attached hydrogens (tertiary/aromatic N) is 2. The van der Waals surface area contributed by atoms with Crippen molar-refractivity contribution >= 4 is 5.91 Å². The van der Waals surface area contributed by atoms with Gasteiger partial charge >= 0.3 is 0 Å². The molecule has 0 spiro atoms. The third kappa shape index (κ3) is 2.44. The monoisotopic (exact) mass is 271 g/mol. The number of rotatable bonds is 3. The van der Waals surface area contributed by atoms with Crippen LogP contribution in [-0.2, 0) is 30.7 Å². The summed E-state index contributed by atoms with van der Waals surface area (Å²) in [4.78, 5) is 14.2. The Morgan fingerprint density at radius 3 is 2.90 bits per heavy atom. The Hall–Kier alpha value is -2.14. The number of benzene rings is 1. The van der Waals surface area contributed by atoms with Crippen LogP contribution in [0, 0.1) is 0 Å². The van der Waals surface area contributed by atoms with Crippen LogP contribution in [-0.4, -0.2) is 22.5 Å². The van der Waals surface area contributed by atoms with Gasteiger partial charge in [0.05, 0.1) is 25.2 Å². The van der Waals surface area contributed by atoms with Crippen molar-refractivity contribution < 1.29 is 9.32 Å². The second-order valence-corrected chi connectivity index (χ2v) is 4.96. The van der Waals surface area contributed by atoms with Gasteiger partial charge in [0.2, 0.25) is 5.91 Å². The van der Waals surface area contributed by atoms with Crippen molar-refractivity contribution in [1.29, 1.82) is 0 Å². The largest absolute Gasteiger partial charge is 0.359 e. The quantitative estimate of drug-likeness (QED) is 0.912. The minimum Gasteiger partial charge on any atom is -0.359 e. The second-order valence-electron chi connectivity index (χ2n) is 4.96. The average Bonchev–Trinajstić information content (AvgIpc) is 2.90. The highest BCUT2D eigenvalue weighted by atomic mass is 16.5. The first-order valence-electron chi connectivity index (χ1n) is 6.76. The molecule has 5 nitrogen and oxygen atoms in total. The van der Waals surface area contributed by atoms with E-state index in [0.717, 1.165) is 23.2 Å². The summed E-state index contributed by atoms with van der Waals surface area (Å²) in [7, 11) is 0. The second kappa shape index (κ2) is 5.46. The van der Waals surface area contributed by atoms with E-state index in [0.29, 0.717) is 31.8 Å². The Kier molecular flexibility index (Phi) is 3.52. The highest BCUT2D eigenvalue weighted by Gasteiger charge is 2.26. The fourth-order valence-corrected chi connectivity index (χ4v) is 2.52. The van der Waals surface area contributed by atoms with Gasteiger partial charge in [-0.3, -0.25) is 4.79 Å². The number of carbonyl (C=O) groups is 1. The van der Waals surface area contributed by atoms with Crippen molar-refractivity contribution in [3.8, 4) is 0 Å². The SMILES string of the molecule is NCc1onc2c1CN(C(=O)Cc1ccccc1)CC2. The topological polar surface area (TPSA) is 72.4 Å². The summed E-state index contributed by atoms with van der Waals surface area (Å²) in [6.45, 7) is 1.56. The molecule has 0 fully saturated rings. The van der Waals surface area contributed by atoms with Crippen molar-refractivity contribution in [2.75, 3.05) is 6.54 Å². The van der Waals surface area contributed by atoms with E-state index in [2.05, 4.69) is 5.16 Å². The smallest absolute Gasteiger partial charge is 0.227 e. The lowest BCUT2D eigenvalue weighted by molar-refractivity contribution is -0.131. The Balaban J connectivity index is 1.71. The zero-order valence-electron chi connectivity index (χ0n) is 11.2. The predicted molar refractivity (Wildman–Crippen MR) is 73.7 cm³/mol. The maximum atomic E-state index is 12.3. The van der Waals surface area contributed by atoms with Crippen LogP contribution < -0.4 is 5.73 Å². The molecule has 0 saturated carbocycles. The van der Waals surface area contributed by atoms with E-state index >= 15 is 0 Å². The summed E-state index contributed by atoms with van der Waals surface area (Å²) in [5, 5.41) is 4.01. The molecular weight excluding hydrogens is 254 g/mol. The number of hydrogen-bond donors (Lipinski definition) is 1. The van der Waals surface area contributed by atoms with Crippen LogP contribution in [0.5, 0.6) is 0 Å². The molecule has 2 N–H and O–H groups in total. The zero-order chi connectivity index (χ0) is 13.9. The van der Waals surface area contributed by atoms with Gasteiger partial charge in [0, 0.05) is 18.5 Å². The van der Waals surface area contributed by atoms with Gasteiger partial charge in [0.15, 0.2) is 5.76 Å². The number of fused-ring (bicyclic) bond motifs is 1. The first-order valence-corrected chi connectivity index (χ1v) is 6.76. The van der Waals surface area contributed by atoms with E-state index in [1.165, 1.54) is 0 Å². The van der Waals surface area contributed by atoms with Crippen LogP contribution in [0.25, 0.3) is 0 Å². The van der Waals surface area contributed by atoms with Gasteiger partial charge < -0.3 is 15.2 Å². The van der Waals surface area contributed by atoms with Gasteiger partial charge in [-0.2, -0.15) is 0 Å². The first-order chi connectivity index (χ1) is 9.78. The number of aromatic nitrogens is 1.